The molecule has 3 N–H and O–H groups in total. The predicted octanol–water partition coefficient (Wildman–Crippen LogP) is 3.52. The van der Waals surface area contributed by atoms with E-state index in [1.165, 1.54) is 31.4 Å². The van der Waals surface area contributed by atoms with E-state index < -0.39 is 17.9 Å². The van der Waals surface area contributed by atoms with Crippen molar-refractivity contribution >= 4 is 28.9 Å². The Hall–Kier alpha value is -3.61. The first-order valence-electron chi connectivity index (χ1n) is 7.08. The van der Waals surface area contributed by atoms with Crippen LogP contribution in [-0.2, 0) is 0 Å². The Labute approximate surface area is 141 Å². The Bertz CT molecular complexity index is 921. The first kappa shape index (κ1) is 17.7. The fraction of sp³-hybridized carbons (Fsp3) is 0.0556. The highest BCUT2D eigenvalue weighted by atomic mass is 16.4. The van der Waals surface area contributed by atoms with Gasteiger partial charge >= 0.3 is 17.9 Å². The van der Waals surface area contributed by atoms with Crippen molar-refractivity contribution in [3.8, 4) is 0 Å². The number of fused-ring (bicyclic) bond motifs is 1. The predicted molar refractivity (Wildman–Crippen MR) is 88.3 cm³/mol. The van der Waals surface area contributed by atoms with Crippen molar-refractivity contribution in [1.29, 1.82) is 0 Å². The summed E-state index contributed by atoms with van der Waals surface area (Å²) < 4.78 is 5.05. The van der Waals surface area contributed by atoms with Crippen LogP contribution in [0, 0.1) is 6.92 Å². The van der Waals surface area contributed by atoms with Gasteiger partial charge in [0.15, 0.2) is 0 Å². The molecule has 0 saturated heterocycles. The zero-order valence-corrected chi connectivity index (χ0v) is 13.1. The molecule has 0 bridgehead atoms. The van der Waals surface area contributed by atoms with E-state index in [0.717, 1.165) is 0 Å². The molecule has 7 nitrogen and oxygen atoms in total. The standard InChI is InChI=1S/C9H8O4.C9H6O3/c1-5-6(8(10)11)3-2-4-7(5)9(12)13;10-9(11)7-2-1-3-8-6(7)4-5-12-8/h2-4H,1H3,(H,10,11)(H,12,13);1-5H,(H,10,11). The average molecular weight is 342 g/mol. The Kier molecular flexibility index (Phi) is 5.18. The number of hydrogen-bond donors (Lipinski definition) is 3. The van der Waals surface area contributed by atoms with Crippen LogP contribution in [0.4, 0.5) is 0 Å². The van der Waals surface area contributed by atoms with Gasteiger partial charge in [0, 0.05) is 5.39 Å². The first-order valence-corrected chi connectivity index (χ1v) is 7.08. The van der Waals surface area contributed by atoms with Crippen molar-refractivity contribution in [2.75, 3.05) is 0 Å². The molecule has 7 heteroatoms. The van der Waals surface area contributed by atoms with E-state index in [4.69, 9.17) is 19.7 Å². The minimum absolute atomic E-state index is 0.0277. The van der Waals surface area contributed by atoms with E-state index in [0.29, 0.717) is 11.0 Å². The monoisotopic (exact) mass is 342 g/mol. The number of benzene rings is 2. The molecular weight excluding hydrogens is 328 g/mol. The van der Waals surface area contributed by atoms with Gasteiger partial charge < -0.3 is 19.7 Å². The third-order valence-corrected chi connectivity index (χ3v) is 3.52. The summed E-state index contributed by atoms with van der Waals surface area (Å²) in [5.41, 5.74) is 1.22. The fourth-order valence-corrected chi connectivity index (χ4v) is 2.28. The Morgan fingerprint density at radius 1 is 0.760 bits per heavy atom. The number of rotatable bonds is 3. The highest BCUT2D eigenvalue weighted by Gasteiger charge is 2.13. The number of carboxylic acids is 3. The Balaban J connectivity index is 0.000000181. The molecule has 0 amide bonds. The fourth-order valence-electron chi connectivity index (χ4n) is 2.28. The maximum absolute atomic E-state index is 10.7. The summed E-state index contributed by atoms with van der Waals surface area (Å²) in [6, 6.07) is 10.8. The molecule has 3 rings (SSSR count). The SMILES string of the molecule is Cc1c(C(=O)O)cccc1C(=O)O.O=C(O)c1cccc2occc12. The average Bonchev–Trinajstić information content (AvgIpc) is 3.03. The van der Waals surface area contributed by atoms with Gasteiger partial charge in [-0.25, -0.2) is 14.4 Å². The van der Waals surface area contributed by atoms with Gasteiger partial charge in [-0.1, -0.05) is 12.1 Å². The molecule has 0 aliphatic carbocycles. The maximum Gasteiger partial charge on any atom is 0.336 e. The normalized spacial score (nSPS) is 9.96. The highest BCUT2D eigenvalue weighted by Crippen LogP contribution is 2.19. The van der Waals surface area contributed by atoms with E-state index >= 15 is 0 Å². The molecule has 0 saturated carbocycles. The molecule has 0 radical (unpaired) electrons. The van der Waals surface area contributed by atoms with Crippen LogP contribution in [0.2, 0.25) is 0 Å². The minimum atomic E-state index is -1.11. The van der Waals surface area contributed by atoms with Crippen LogP contribution >= 0.6 is 0 Å². The van der Waals surface area contributed by atoms with Crippen LogP contribution in [-0.4, -0.2) is 33.2 Å². The van der Waals surface area contributed by atoms with Gasteiger partial charge in [-0.3, -0.25) is 0 Å². The van der Waals surface area contributed by atoms with Gasteiger partial charge in [0.05, 0.1) is 23.0 Å². The van der Waals surface area contributed by atoms with E-state index in [2.05, 4.69) is 0 Å². The van der Waals surface area contributed by atoms with Gasteiger partial charge in [-0.05, 0) is 42.8 Å². The van der Waals surface area contributed by atoms with Crippen molar-refractivity contribution in [1.82, 2.24) is 0 Å². The molecule has 25 heavy (non-hydrogen) atoms. The summed E-state index contributed by atoms with van der Waals surface area (Å²) in [4.78, 5) is 31.9. The van der Waals surface area contributed by atoms with Crippen LogP contribution in [0.5, 0.6) is 0 Å². The topological polar surface area (TPSA) is 125 Å². The molecule has 1 aromatic heterocycles. The molecule has 0 fully saturated rings. The molecule has 0 spiro atoms. The largest absolute Gasteiger partial charge is 0.478 e. The molecule has 0 atom stereocenters. The van der Waals surface area contributed by atoms with Crippen molar-refractivity contribution in [3.05, 3.63) is 71.0 Å². The van der Waals surface area contributed by atoms with Gasteiger partial charge in [-0.2, -0.15) is 0 Å². The lowest BCUT2D eigenvalue weighted by molar-refractivity contribution is 0.0682. The van der Waals surface area contributed by atoms with Gasteiger partial charge in [0.1, 0.15) is 5.58 Å². The first-order chi connectivity index (χ1) is 11.8. The van der Waals surface area contributed by atoms with Crippen molar-refractivity contribution in [3.63, 3.8) is 0 Å². The molecule has 1 heterocycles. The number of furan rings is 1. The van der Waals surface area contributed by atoms with E-state index in [9.17, 15) is 14.4 Å². The summed E-state index contributed by atoms with van der Waals surface area (Å²) in [6.07, 6.45) is 1.48. The zero-order valence-electron chi connectivity index (χ0n) is 13.1. The molecule has 3 aromatic rings. The molecule has 0 aliphatic heterocycles. The number of hydrogen-bond acceptors (Lipinski definition) is 4. The smallest absolute Gasteiger partial charge is 0.336 e. The van der Waals surface area contributed by atoms with Crippen LogP contribution in [0.25, 0.3) is 11.0 Å². The number of carboxylic acid groups (broad SMARTS) is 3. The van der Waals surface area contributed by atoms with Crippen LogP contribution in [0.1, 0.15) is 36.6 Å². The minimum Gasteiger partial charge on any atom is -0.478 e. The summed E-state index contributed by atoms with van der Waals surface area (Å²) in [6.45, 7) is 1.48. The molecular formula is C18H14O7. The molecule has 2 aromatic carbocycles. The zero-order chi connectivity index (χ0) is 18.6. The van der Waals surface area contributed by atoms with Crippen LogP contribution < -0.4 is 0 Å². The van der Waals surface area contributed by atoms with Crippen LogP contribution in [0.3, 0.4) is 0 Å². The lowest BCUT2D eigenvalue weighted by atomic mass is 10.0. The summed E-state index contributed by atoms with van der Waals surface area (Å²) >= 11 is 0. The summed E-state index contributed by atoms with van der Waals surface area (Å²) in [5, 5.41) is 26.8. The van der Waals surface area contributed by atoms with Crippen LogP contribution in [0.15, 0.2) is 53.1 Å². The van der Waals surface area contributed by atoms with E-state index in [1.54, 1.807) is 24.3 Å². The third kappa shape index (κ3) is 3.84. The molecule has 128 valence electrons. The number of aromatic carboxylic acids is 3. The maximum atomic E-state index is 10.7. The van der Waals surface area contributed by atoms with Crippen molar-refractivity contribution in [2.24, 2.45) is 0 Å². The van der Waals surface area contributed by atoms with Gasteiger partial charge in [-0.15, -0.1) is 0 Å². The van der Waals surface area contributed by atoms with Crippen molar-refractivity contribution < 1.29 is 34.1 Å². The number of carbonyl (C=O) groups is 3. The second-order valence-electron chi connectivity index (χ2n) is 5.03. The van der Waals surface area contributed by atoms with Gasteiger partial charge in [0.25, 0.3) is 0 Å². The highest BCUT2D eigenvalue weighted by molar-refractivity contribution is 6.02. The van der Waals surface area contributed by atoms with E-state index in [1.807, 2.05) is 0 Å². The summed E-state index contributed by atoms with van der Waals surface area (Å²) in [5.74, 6) is -3.15. The lowest BCUT2D eigenvalue weighted by Gasteiger charge is -2.03. The summed E-state index contributed by atoms with van der Waals surface area (Å²) in [7, 11) is 0. The lowest BCUT2D eigenvalue weighted by Crippen LogP contribution is -2.06. The Morgan fingerprint density at radius 3 is 1.76 bits per heavy atom. The second-order valence-corrected chi connectivity index (χ2v) is 5.03. The third-order valence-electron chi connectivity index (χ3n) is 3.52. The van der Waals surface area contributed by atoms with Gasteiger partial charge in [0.2, 0.25) is 0 Å². The van der Waals surface area contributed by atoms with E-state index in [-0.39, 0.29) is 22.3 Å². The van der Waals surface area contributed by atoms with Crippen molar-refractivity contribution in [2.45, 2.75) is 6.92 Å². The quantitative estimate of drug-likeness (QED) is 0.665. The molecule has 0 aliphatic rings. The Morgan fingerprint density at radius 2 is 1.24 bits per heavy atom. The second kappa shape index (κ2) is 7.31. The molecule has 0 unspecified atom stereocenters.